The monoisotopic (exact) mass is 998 g/mol. The van der Waals surface area contributed by atoms with Crippen molar-refractivity contribution in [3.05, 3.63) is 192 Å². The van der Waals surface area contributed by atoms with Gasteiger partial charge in [0.15, 0.2) is 0 Å². The Morgan fingerprint density at radius 1 is 0.521 bits per heavy atom. The van der Waals surface area contributed by atoms with E-state index in [-0.39, 0.29) is 18.9 Å². The van der Waals surface area contributed by atoms with Gasteiger partial charge in [0.2, 0.25) is 5.91 Å². The molecule has 71 heavy (non-hydrogen) atoms. The predicted octanol–water partition coefficient (Wildman–Crippen LogP) is 13.3. The number of carbonyl (C=O) groups is 4. The molecular formula is C58H70N4O7S2. The highest BCUT2D eigenvalue weighted by Gasteiger charge is 2.33. The van der Waals surface area contributed by atoms with Crippen LogP contribution in [0.4, 0.5) is 21.0 Å². The van der Waals surface area contributed by atoms with Crippen molar-refractivity contribution in [1.29, 1.82) is 0 Å². The summed E-state index contributed by atoms with van der Waals surface area (Å²) < 4.78 is 10.9. The zero-order chi connectivity index (χ0) is 51.8. The smallest absolute Gasteiger partial charge is 0.411 e. The number of hydrogen-bond donors (Lipinski definition) is 3. The van der Waals surface area contributed by atoms with Crippen LogP contribution >= 0.6 is 23.5 Å². The van der Waals surface area contributed by atoms with Gasteiger partial charge in [-0.3, -0.25) is 14.6 Å². The van der Waals surface area contributed by atoms with Crippen LogP contribution in [-0.4, -0.2) is 75.3 Å². The van der Waals surface area contributed by atoms with E-state index in [0.29, 0.717) is 18.7 Å². The Bertz CT molecular complexity index is 2500. The molecule has 0 aliphatic heterocycles. The number of carboxylic acid groups (broad SMARTS) is 1. The van der Waals surface area contributed by atoms with E-state index in [4.69, 9.17) is 15.2 Å². The van der Waals surface area contributed by atoms with Gasteiger partial charge in [-0.25, -0.2) is 14.4 Å². The minimum atomic E-state index is -1.04. The number of benzene rings is 6. The summed E-state index contributed by atoms with van der Waals surface area (Å²) in [5.74, 6) is 0.607. The minimum Gasteiger partial charge on any atom is -0.480 e. The third-order valence-electron chi connectivity index (χ3n) is 10.3. The van der Waals surface area contributed by atoms with E-state index in [1.165, 1.54) is 25.8 Å². The van der Waals surface area contributed by atoms with Gasteiger partial charge in [-0.1, -0.05) is 121 Å². The number of thioether (sulfide) groups is 2. The maximum Gasteiger partial charge on any atom is 0.411 e. The van der Waals surface area contributed by atoms with Crippen molar-refractivity contribution < 1.29 is 33.8 Å². The molecule has 2 atom stereocenters. The third-order valence-corrected chi connectivity index (χ3v) is 12.5. The van der Waals surface area contributed by atoms with Crippen molar-refractivity contribution in [3.8, 4) is 0 Å². The minimum absolute atomic E-state index is 0.244. The van der Waals surface area contributed by atoms with E-state index in [0.717, 1.165) is 33.2 Å². The first-order chi connectivity index (χ1) is 33.8. The molecule has 0 fully saturated rings. The first-order valence-corrected chi connectivity index (χ1v) is 25.7. The van der Waals surface area contributed by atoms with E-state index in [1.54, 1.807) is 39.5 Å². The summed E-state index contributed by atoms with van der Waals surface area (Å²) in [6, 6.07) is 53.9. The maximum absolute atomic E-state index is 13.4. The number of nitrogen functional groups attached to an aromatic ring is 1. The number of carboxylic acids is 1. The standard InChI is InChI=1S/C29H34N2O3S.C16H23NO4.C13H13NS/c1-5-31(28(33)34-29(2,3)4)26(20-22-12-8-6-9-13-22)27(32)30-24-16-18-25(19-17-24)35-21-23-14-10-7-11-15-23;1-5-17(15(20)21-16(2,3)4)13(14(18)19)11-12-9-7-6-8-10-12;14-12-6-8-13(9-7-12)15-10-11-4-2-1-3-5-11/h6-19,26H,5,20-21H2,1-4H3,(H,30,32);6-10,13H,5,11H2,1-4H3,(H,18,19);1-9H,10,14H2/t26-;13-;/m00./s1. The molecule has 0 saturated carbocycles. The Kier molecular flexibility index (Phi) is 23.1. The van der Waals surface area contributed by atoms with Gasteiger partial charge in [0.1, 0.15) is 23.3 Å². The highest BCUT2D eigenvalue weighted by atomic mass is 32.2. The lowest BCUT2D eigenvalue weighted by atomic mass is 10.0. The van der Waals surface area contributed by atoms with Gasteiger partial charge in [0.05, 0.1) is 0 Å². The maximum atomic E-state index is 13.4. The summed E-state index contributed by atoms with van der Waals surface area (Å²) in [5.41, 5.74) is 10.3. The van der Waals surface area contributed by atoms with Crippen LogP contribution < -0.4 is 11.1 Å². The number of nitrogens with zero attached hydrogens (tertiary/aromatic N) is 2. The number of likely N-dealkylation sites (N-methyl/N-ethyl adjacent to an activating group) is 2. The second-order valence-electron chi connectivity index (χ2n) is 18.4. The second-order valence-corrected chi connectivity index (χ2v) is 20.5. The molecule has 0 bridgehead atoms. The van der Waals surface area contributed by atoms with Crippen LogP contribution in [0, 0.1) is 0 Å². The SMILES string of the molecule is CCN(C(=O)OC(C)(C)C)[C@@H](Cc1ccccc1)C(=O)Nc1ccc(SCc2ccccc2)cc1.CCN(C(=O)OC(C)(C)C)[C@@H](Cc1ccccc1)C(=O)O.Nc1ccc(SCc2ccccc2)cc1. The number of hydrogen-bond acceptors (Lipinski definition) is 9. The lowest BCUT2D eigenvalue weighted by Crippen LogP contribution is -2.50. The number of rotatable bonds is 17. The van der Waals surface area contributed by atoms with Crippen molar-refractivity contribution in [2.24, 2.45) is 0 Å². The molecule has 0 aliphatic carbocycles. The topological polar surface area (TPSA) is 152 Å². The van der Waals surface area contributed by atoms with Gasteiger partial charge in [0, 0.05) is 58.6 Å². The van der Waals surface area contributed by atoms with Gasteiger partial charge in [-0.2, -0.15) is 0 Å². The lowest BCUT2D eigenvalue weighted by Gasteiger charge is -2.32. The molecule has 0 spiro atoms. The molecule has 11 nitrogen and oxygen atoms in total. The van der Waals surface area contributed by atoms with E-state index in [9.17, 15) is 24.3 Å². The molecule has 0 heterocycles. The quantitative estimate of drug-likeness (QED) is 0.0595. The van der Waals surface area contributed by atoms with Crippen LogP contribution in [0.25, 0.3) is 0 Å². The van der Waals surface area contributed by atoms with E-state index < -0.39 is 41.4 Å². The Morgan fingerprint density at radius 2 is 0.859 bits per heavy atom. The number of ether oxygens (including phenoxy) is 2. The number of nitrogens with one attached hydrogen (secondary N) is 1. The molecule has 6 aromatic carbocycles. The van der Waals surface area contributed by atoms with Crippen molar-refractivity contribution in [1.82, 2.24) is 9.80 Å². The van der Waals surface area contributed by atoms with Gasteiger partial charge >= 0.3 is 18.2 Å². The summed E-state index contributed by atoms with van der Waals surface area (Å²) in [4.78, 5) is 55.2. The molecule has 0 radical (unpaired) electrons. The zero-order valence-electron chi connectivity index (χ0n) is 42.2. The molecule has 0 aliphatic rings. The van der Waals surface area contributed by atoms with Crippen molar-refractivity contribution in [2.75, 3.05) is 24.1 Å². The number of amides is 3. The summed E-state index contributed by atoms with van der Waals surface area (Å²) in [7, 11) is 0. The summed E-state index contributed by atoms with van der Waals surface area (Å²) in [6.45, 7) is 15.0. The number of aliphatic carboxylic acids is 1. The molecule has 0 saturated heterocycles. The summed E-state index contributed by atoms with van der Waals surface area (Å²) >= 11 is 3.57. The van der Waals surface area contributed by atoms with Gasteiger partial charge in [-0.05, 0) is 126 Å². The predicted molar refractivity (Wildman–Crippen MR) is 291 cm³/mol. The Balaban J connectivity index is 0.000000257. The largest absolute Gasteiger partial charge is 0.480 e. The van der Waals surface area contributed by atoms with Crippen LogP contribution in [0.15, 0.2) is 180 Å². The van der Waals surface area contributed by atoms with E-state index >= 15 is 0 Å². The highest BCUT2D eigenvalue weighted by Crippen LogP contribution is 2.26. The van der Waals surface area contributed by atoms with Gasteiger partial charge < -0.3 is 25.6 Å². The van der Waals surface area contributed by atoms with E-state index in [1.807, 2.05) is 161 Å². The fraction of sp³-hybridized carbons (Fsp3) is 0.310. The summed E-state index contributed by atoms with van der Waals surface area (Å²) in [6.07, 6.45) is -0.453. The highest BCUT2D eigenvalue weighted by molar-refractivity contribution is 7.98. The average Bonchev–Trinajstić information content (AvgIpc) is 3.34. The molecule has 376 valence electrons. The Hall–Kier alpha value is -6.70. The molecule has 3 amide bonds. The number of carbonyl (C=O) groups excluding carboxylic acids is 3. The van der Waals surface area contributed by atoms with Crippen LogP contribution in [-0.2, 0) is 43.4 Å². The Morgan fingerprint density at radius 3 is 1.21 bits per heavy atom. The average molecular weight is 999 g/mol. The molecular weight excluding hydrogens is 929 g/mol. The third kappa shape index (κ3) is 21.5. The number of nitrogens with two attached hydrogens (primary N) is 1. The fourth-order valence-electron chi connectivity index (χ4n) is 6.85. The second kappa shape index (κ2) is 28.8. The first-order valence-electron chi connectivity index (χ1n) is 23.7. The van der Waals surface area contributed by atoms with Crippen molar-refractivity contribution in [2.45, 2.75) is 113 Å². The number of anilines is 2. The molecule has 0 aromatic heterocycles. The van der Waals surface area contributed by atoms with Gasteiger partial charge in [-0.15, -0.1) is 23.5 Å². The van der Waals surface area contributed by atoms with Crippen LogP contribution in [0.2, 0.25) is 0 Å². The zero-order valence-corrected chi connectivity index (χ0v) is 43.9. The lowest BCUT2D eigenvalue weighted by molar-refractivity contribution is -0.143. The molecule has 13 heteroatoms. The first kappa shape index (κ1) is 56.9. The fourth-order valence-corrected chi connectivity index (χ4v) is 8.56. The van der Waals surface area contributed by atoms with Crippen molar-refractivity contribution >= 4 is 59.0 Å². The van der Waals surface area contributed by atoms with Crippen LogP contribution in [0.1, 0.15) is 77.6 Å². The molecule has 6 rings (SSSR count). The van der Waals surface area contributed by atoms with Crippen LogP contribution in [0.3, 0.4) is 0 Å². The van der Waals surface area contributed by atoms with E-state index in [2.05, 4.69) is 53.8 Å². The van der Waals surface area contributed by atoms with Crippen molar-refractivity contribution in [3.63, 3.8) is 0 Å². The Labute approximate surface area is 429 Å². The molecule has 6 aromatic rings. The van der Waals surface area contributed by atoms with Gasteiger partial charge in [0.25, 0.3) is 0 Å². The molecule has 4 N–H and O–H groups in total. The normalized spacial score (nSPS) is 11.8. The molecule has 0 unspecified atom stereocenters. The van der Waals surface area contributed by atoms with Crippen LogP contribution in [0.5, 0.6) is 0 Å². The summed E-state index contributed by atoms with van der Waals surface area (Å²) in [5, 5.41) is 12.4.